The van der Waals surface area contributed by atoms with Crippen molar-refractivity contribution in [1.29, 1.82) is 0 Å². The molecule has 0 heterocycles. The highest BCUT2D eigenvalue weighted by atomic mass is 19.2. The van der Waals surface area contributed by atoms with Gasteiger partial charge in [-0.05, 0) is 42.6 Å². The van der Waals surface area contributed by atoms with Crippen LogP contribution in [-0.4, -0.2) is 0 Å². The summed E-state index contributed by atoms with van der Waals surface area (Å²) in [5, 5.41) is 0.917. The molecule has 0 aliphatic heterocycles. The van der Waals surface area contributed by atoms with E-state index >= 15 is 0 Å². The number of hydrogen-bond acceptors (Lipinski definition) is 0. The fraction of sp³-hybridized carbons (Fsp3) is 0.0526. The van der Waals surface area contributed by atoms with Gasteiger partial charge < -0.3 is 0 Å². The zero-order valence-corrected chi connectivity index (χ0v) is 11.5. The van der Waals surface area contributed by atoms with Crippen molar-refractivity contribution in [2.24, 2.45) is 0 Å². The molecule has 0 saturated heterocycles. The van der Waals surface area contributed by atoms with E-state index in [1.54, 1.807) is 24.3 Å². The van der Waals surface area contributed by atoms with Crippen LogP contribution in [0.2, 0.25) is 0 Å². The first-order valence-corrected chi connectivity index (χ1v) is 6.60. The van der Waals surface area contributed by atoms with Crippen LogP contribution in [0.15, 0.2) is 54.6 Å². The van der Waals surface area contributed by atoms with Crippen molar-refractivity contribution in [3.63, 3.8) is 0 Å². The Hall–Kier alpha value is -2.66. The predicted molar refractivity (Wildman–Crippen MR) is 81.0 cm³/mol. The lowest BCUT2D eigenvalue weighted by molar-refractivity contribution is 0.517. The van der Waals surface area contributed by atoms with E-state index in [-0.39, 0.29) is 5.39 Å². The monoisotopic (exact) mass is 278 g/mol. The summed E-state index contributed by atoms with van der Waals surface area (Å²) in [6.45, 7) is 2.02. The fourth-order valence-electron chi connectivity index (χ4n) is 2.12. The molecule has 3 aromatic carbocycles. The third kappa shape index (κ3) is 2.78. The number of halogens is 2. The van der Waals surface area contributed by atoms with Gasteiger partial charge in [-0.1, -0.05) is 41.7 Å². The van der Waals surface area contributed by atoms with E-state index in [1.807, 2.05) is 31.2 Å². The predicted octanol–water partition coefficient (Wildman–Crippen LogP) is 4.83. The Morgan fingerprint density at radius 1 is 0.762 bits per heavy atom. The first-order valence-electron chi connectivity index (χ1n) is 6.60. The van der Waals surface area contributed by atoms with Crippen LogP contribution >= 0.6 is 0 Å². The minimum atomic E-state index is -0.832. The molecule has 102 valence electrons. The fourth-order valence-corrected chi connectivity index (χ4v) is 2.12. The molecule has 0 bridgehead atoms. The molecule has 0 aliphatic rings. The molecule has 0 aliphatic carbocycles. The number of hydrogen-bond donors (Lipinski definition) is 0. The zero-order chi connectivity index (χ0) is 14.8. The summed E-state index contributed by atoms with van der Waals surface area (Å²) in [4.78, 5) is 0. The molecule has 3 rings (SSSR count). The van der Waals surface area contributed by atoms with E-state index in [2.05, 4.69) is 11.8 Å². The zero-order valence-electron chi connectivity index (χ0n) is 11.5. The maximum Gasteiger partial charge on any atom is 0.166 e. The molecule has 21 heavy (non-hydrogen) atoms. The van der Waals surface area contributed by atoms with Crippen LogP contribution < -0.4 is 0 Å². The van der Waals surface area contributed by atoms with Crippen LogP contribution in [0.3, 0.4) is 0 Å². The van der Waals surface area contributed by atoms with E-state index in [1.165, 1.54) is 5.56 Å². The van der Waals surface area contributed by atoms with Crippen molar-refractivity contribution in [2.75, 3.05) is 0 Å². The van der Waals surface area contributed by atoms with Crippen LogP contribution in [0.5, 0.6) is 0 Å². The first kappa shape index (κ1) is 13.3. The van der Waals surface area contributed by atoms with Gasteiger partial charge in [0.15, 0.2) is 11.6 Å². The van der Waals surface area contributed by atoms with Gasteiger partial charge in [-0.3, -0.25) is 0 Å². The Bertz CT molecular complexity index is 866. The Morgan fingerprint density at radius 2 is 1.43 bits per heavy atom. The van der Waals surface area contributed by atoms with Gasteiger partial charge in [0, 0.05) is 16.5 Å². The van der Waals surface area contributed by atoms with Crippen molar-refractivity contribution >= 4 is 10.8 Å². The third-order valence-electron chi connectivity index (χ3n) is 3.31. The molecule has 0 N–H and O–H groups in total. The molecule has 0 fully saturated rings. The second-order valence-corrected chi connectivity index (χ2v) is 4.91. The summed E-state index contributed by atoms with van der Waals surface area (Å²) in [7, 11) is 0. The number of benzene rings is 3. The van der Waals surface area contributed by atoms with Gasteiger partial charge in [0.05, 0.1) is 0 Å². The van der Waals surface area contributed by atoms with Crippen molar-refractivity contribution in [3.05, 3.63) is 82.9 Å². The van der Waals surface area contributed by atoms with Crippen LogP contribution in [0.25, 0.3) is 10.8 Å². The molecule has 0 nitrogen and oxygen atoms in total. The Kier molecular flexibility index (Phi) is 3.41. The lowest BCUT2D eigenvalue weighted by Gasteiger charge is -2.01. The summed E-state index contributed by atoms with van der Waals surface area (Å²) in [5.74, 6) is 4.45. The van der Waals surface area contributed by atoms with Gasteiger partial charge in [0.2, 0.25) is 0 Å². The van der Waals surface area contributed by atoms with Crippen LogP contribution in [0.1, 0.15) is 16.7 Å². The lowest BCUT2D eigenvalue weighted by atomic mass is 10.1. The molecule has 0 amide bonds. The van der Waals surface area contributed by atoms with Gasteiger partial charge in [0.1, 0.15) is 0 Å². The molecular weight excluding hydrogens is 266 g/mol. The van der Waals surface area contributed by atoms with Gasteiger partial charge in [0.25, 0.3) is 0 Å². The van der Waals surface area contributed by atoms with Crippen LogP contribution in [0.4, 0.5) is 8.78 Å². The number of fused-ring (bicyclic) bond motifs is 1. The van der Waals surface area contributed by atoms with Gasteiger partial charge in [-0.25, -0.2) is 8.78 Å². The quantitative estimate of drug-likeness (QED) is 0.517. The molecule has 0 spiro atoms. The number of aryl methyl sites for hydroxylation is 1. The number of rotatable bonds is 0. The third-order valence-corrected chi connectivity index (χ3v) is 3.31. The smallest absolute Gasteiger partial charge is 0.166 e. The van der Waals surface area contributed by atoms with E-state index in [4.69, 9.17) is 0 Å². The topological polar surface area (TPSA) is 0 Å². The van der Waals surface area contributed by atoms with Gasteiger partial charge in [-0.15, -0.1) is 0 Å². The summed E-state index contributed by atoms with van der Waals surface area (Å²) in [5.41, 5.74) is 2.88. The maximum absolute atomic E-state index is 13.6. The normalized spacial score (nSPS) is 10.2. The summed E-state index contributed by atoms with van der Waals surface area (Å²) in [6.07, 6.45) is 0. The SMILES string of the molecule is Cc1ccc(C#Cc2ccc3c(F)c(F)ccc3c2)cc1. The molecule has 0 unspecified atom stereocenters. The molecule has 0 aromatic heterocycles. The Balaban J connectivity index is 1.99. The van der Waals surface area contributed by atoms with E-state index < -0.39 is 11.6 Å². The lowest BCUT2D eigenvalue weighted by Crippen LogP contribution is -1.86. The highest BCUT2D eigenvalue weighted by Gasteiger charge is 2.06. The second-order valence-electron chi connectivity index (χ2n) is 4.91. The van der Waals surface area contributed by atoms with E-state index in [0.29, 0.717) is 5.39 Å². The first-order chi connectivity index (χ1) is 10.1. The highest BCUT2D eigenvalue weighted by molar-refractivity contribution is 5.84. The molecule has 0 atom stereocenters. The largest absolute Gasteiger partial charge is 0.204 e. The summed E-state index contributed by atoms with van der Waals surface area (Å²) in [6, 6.07) is 15.6. The average Bonchev–Trinajstić information content (AvgIpc) is 2.50. The standard InChI is InChI=1S/C19H12F2/c1-13-2-4-14(5-3-13)6-7-15-8-10-17-16(12-15)9-11-18(20)19(17)21/h2-5,8-12H,1H3. The van der Waals surface area contributed by atoms with E-state index in [0.717, 1.165) is 17.2 Å². The summed E-state index contributed by atoms with van der Waals surface area (Å²) >= 11 is 0. The molecule has 3 aromatic rings. The Morgan fingerprint density at radius 3 is 2.19 bits per heavy atom. The second kappa shape index (κ2) is 5.38. The van der Waals surface area contributed by atoms with Crippen molar-refractivity contribution in [3.8, 4) is 11.8 Å². The van der Waals surface area contributed by atoms with Crippen LogP contribution in [0, 0.1) is 30.4 Å². The van der Waals surface area contributed by atoms with Crippen molar-refractivity contribution in [1.82, 2.24) is 0 Å². The minimum Gasteiger partial charge on any atom is -0.204 e. The van der Waals surface area contributed by atoms with Crippen molar-refractivity contribution in [2.45, 2.75) is 6.92 Å². The van der Waals surface area contributed by atoms with E-state index in [9.17, 15) is 8.78 Å². The van der Waals surface area contributed by atoms with Gasteiger partial charge in [-0.2, -0.15) is 0 Å². The Labute approximate surface area is 122 Å². The molecule has 0 saturated carbocycles. The van der Waals surface area contributed by atoms with Crippen LogP contribution in [-0.2, 0) is 0 Å². The average molecular weight is 278 g/mol. The molecule has 0 radical (unpaired) electrons. The van der Waals surface area contributed by atoms with Gasteiger partial charge >= 0.3 is 0 Å². The molecular formula is C19H12F2. The summed E-state index contributed by atoms with van der Waals surface area (Å²) < 4.78 is 26.8. The molecule has 2 heteroatoms. The minimum absolute atomic E-state index is 0.274. The maximum atomic E-state index is 13.6. The van der Waals surface area contributed by atoms with Crippen molar-refractivity contribution < 1.29 is 8.78 Å². The highest BCUT2D eigenvalue weighted by Crippen LogP contribution is 2.21.